The van der Waals surface area contributed by atoms with Crippen LogP contribution >= 0.6 is 0 Å². The standard InChI is InChI=1S/C28H38N4O/c1-2-3-20-33-28-11-7-6-10-27(28)32-18-16-31(17-19-32)15-14-29-22-12-13-26-24(21-22)23-8-4-5-9-25(23)30-26/h4-11,22,29-30H,2-3,12-21H2,1H3. The Kier molecular flexibility index (Phi) is 7.18. The number of ether oxygens (including phenoxy) is 1. The van der Waals surface area contributed by atoms with Gasteiger partial charge in [-0.05, 0) is 49.4 Å². The van der Waals surface area contributed by atoms with Crippen molar-refractivity contribution in [1.82, 2.24) is 15.2 Å². The van der Waals surface area contributed by atoms with Crippen LogP contribution in [0.3, 0.4) is 0 Å². The average molecular weight is 447 g/mol. The van der Waals surface area contributed by atoms with Gasteiger partial charge in [-0.2, -0.15) is 0 Å². The topological polar surface area (TPSA) is 43.5 Å². The molecule has 0 bridgehead atoms. The smallest absolute Gasteiger partial charge is 0.142 e. The van der Waals surface area contributed by atoms with Crippen molar-refractivity contribution in [3.8, 4) is 5.75 Å². The van der Waals surface area contributed by atoms with Gasteiger partial charge in [-0.3, -0.25) is 4.90 Å². The van der Waals surface area contributed by atoms with Crippen molar-refractivity contribution in [2.24, 2.45) is 0 Å². The first-order valence-electron chi connectivity index (χ1n) is 12.8. The highest BCUT2D eigenvalue weighted by Gasteiger charge is 2.23. The van der Waals surface area contributed by atoms with Gasteiger partial charge in [-0.1, -0.05) is 43.7 Å². The number of aryl methyl sites for hydroxylation is 1. The number of hydrogen-bond acceptors (Lipinski definition) is 4. The van der Waals surface area contributed by atoms with Crippen LogP contribution in [-0.4, -0.2) is 61.8 Å². The lowest BCUT2D eigenvalue weighted by Crippen LogP contribution is -2.49. The van der Waals surface area contributed by atoms with Gasteiger partial charge in [0.2, 0.25) is 0 Å². The van der Waals surface area contributed by atoms with Gasteiger partial charge < -0.3 is 19.9 Å². The molecule has 33 heavy (non-hydrogen) atoms. The van der Waals surface area contributed by atoms with Crippen LogP contribution in [0.25, 0.3) is 10.9 Å². The van der Waals surface area contributed by atoms with Crippen LogP contribution in [-0.2, 0) is 12.8 Å². The predicted molar refractivity (Wildman–Crippen MR) is 138 cm³/mol. The first-order valence-corrected chi connectivity index (χ1v) is 12.8. The van der Waals surface area contributed by atoms with Crippen molar-refractivity contribution in [3.63, 3.8) is 0 Å². The van der Waals surface area contributed by atoms with Gasteiger partial charge in [0, 0.05) is 61.9 Å². The van der Waals surface area contributed by atoms with Gasteiger partial charge in [-0.25, -0.2) is 0 Å². The van der Waals surface area contributed by atoms with Gasteiger partial charge in [-0.15, -0.1) is 0 Å². The van der Waals surface area contributed by atoms with Crippen molar-refractivity contribution in [1.29, 1.82) is 0 Å². The quantitative estimate of drug-likeness (QED) is 0.471. The number of hydrogen-bond donors (Lipinski definition) is 2. The Morgan fingerprint density at radius 3 is 2.73 bits per heavy atom. The number of rotatable bonds is 9. The maximum Gasteiger partial charge on any atom is 0.142 e. The fourth-order valence-electron chi connectivity index (χ4n) is 5.35. The summed E-state index contributed by atoms with van der Waals surface area (Å²) in [6.07, 6.45) is 5.79. The largest absolute Gasteiger partial charge is 0.491 e. The number of unbranched alkanes of at least 4 members (excludes halogenated alkanes) is 1. The lowest BCUT2D eigenvalue weighted by atomic mass is 9.91. The molecule has 0 amide bonds. The molecular weight excluding hydrogens is 408 g/mol. The second kappa shape index (κ2) is 10.6. The molecule has 5 heteroatoms. The molecule has 2 aliphatic rings. The zero-order chi connectivity index (χ0) is 22.5. The van der Waals surface area contributed by atoms with E-state index >= 15 is 0 Å². The highest BCUT2D eigenvalue weighted by molar-refractivity contribution is 5.84. The number of fused-ring (bicyclic) bond motifs is 3. The van der Waals surface area contributed by atoms with Crippen LogP contribution < -0.4 is 15.0 Å². The van der Waals surface area contributed by atoms with Gasteiger partial charge in [0.25, 0.3) is 0 Å². The van der Waals surface area contributed by atoms with E-state index in [1.54, 1.807) is 0 Å². The molecule has 5 rings (SSSR count). The maximum absolute atomic E-state index is 6.07. The number of H-pyrrole nitrogens is 1. The molecule has 1 atom stereocenters. The van der Waals surface area contributed by atoms with E-state index in [-0.39, 0.29) is 0 Å². The van der Waals surface area contributed by atoms with Crippen LogP contribution in [0.1, 0.15) is 37.4 Å². The van der Waals surface area contributed by atoms with E-state index in [9.17, 15) is 0 Å². The summed E-state index contributed by atoms with van der Waals surface area (Å²) in [5.74, 6) is 1.04. The number of aromatic nitrogens is 1. The molecule has 3 aromatic rings. The molecule has 176 valence electrons. The molecule has 1 aliphatic heterocycles. The third-order valence-corrected chi connectivity index (χ3v) is 7.29. The first kappa shape index (κ1) is 22.3. The van der Waals surface area contributed by atoms with Crippen molar-refractivity contribution < 1.29 is 4.74 Å². The highest BCUT2D eigenvalue weighted by Crippen LogP contribution is 2.30. The summed E-state index contributed by atoms with van der Waals surface area (Å²) in [6.45, 7) is 9.56. The van der Waals surface area contributed by atoms with E-state index in [4.69, 9.17) is 4.74 Å². The molecule has 0 spiro atoms. The zero-order valence-corrected chi connectivity index (χ0v) is 20.0. The van der Waals surface area contributed by atoms with Gasteiger partial charge in [0.15, 0.2) is 0 Å². The lowest BCUT2D eigenvalue weighted by molar-refractivity contribution is 0.250. The lowest BCUT2D eigenvalue weighted by Gasteiger charge is -2.37. The van der Waals surface area contributed by atoms with Crippen molar-refractivity contribution in [2.75, 3.05) is 50.8 Å². The fourth-order valence-corrected chi connectivity index (χ4v) is 5.35. The molecule has 1 unspecified atom stereocenters. The van der Waals surface area contributed by atoms with E-state index in [1.165, 1.54) is 40.7 Å². The van der Waals surface area contributed by atoms with Gasteiger partial charge in [0.1, 0.15) is 5.75 Å². The summed E-state index contributed by atoms with van der Waals surface area (Å²) in [6, 6.07) is 17.9. The maximum atomic E-state index is 6.07. The number of piperazine rings is 1. The molecule has 5 nitrogen and oxygen atoms in total. The number of nitrogens with zero attached hydrogens (tertiary/aromatic N) is 2. The minimum Gasteiger partial charge on any atom is -0.491 e. The highest BCUT2D eigenvalue weighted by atomic mass is 16.5. The minimum atomic E-state index is 0.588. The van der Waals surface area contributed by atoms with E-state index < -0.39 is 0 Å². The molecule has 1 saturated heterocycles. The number of benzene rings is 2. The van der Waals surface area contributed by atoms with Crippen molar-refractivity contribution >= 4 is 16.6 Å². The normalized spacial score (nSPS) is 19.1. The Balaban J connectivity index is 1.08. The molecule has 1 aliphatic carbocycles. The molecule has 2 heterocycles. The summed E-state index contributed by atoms with van der Waals surface area (Å²) < 4.78 is 6.07. The summed E-state index contributed by atoms with van der Waals surface area (Å²) in [5.41, 5.74) is 5.52. The Hall–Kier alpha value is -2.50. The zero-order valence-electron chi connectivity index (χ0n) is 20.0. The summed E-state index contributed by atoms with van der Waals surface area (Å²) in [5, 5.41) is 5.27. The SMILES string of the molecule is CCCCOc1ccccc1N1CCN(CCNC2CCc3[nH]c4ccccc4c3C2)CC1. The molecule has 2 aromatic carbocycles. The molecular formula is C28H38N4O. The number of anilines is 1. The minimum absolute atomic E-state index is 0.588. The summed E-state index contributed by atoms with van der Waals surface area (Å²) in [4.78, 5) is 8.72. The van der Waals surface area contributed by atoms with Crippen LogP contribution in [0.15, 0.2) is 48.5 Å². The molecule has 0 radical (unpaired) electrons. The van der Waals surface area contributed by atoms with Crippen molar-refractivity contribution in [3.05, 3.63) is 59.8 Å². The molecule has 1 fully saturated rings. The van der Waals surface area contributed by atoms with Crippen molar-refractivity contribution in [2.45, 2.75) is 45.1 Å². The fraction of sp³-hybridized carbons (Fsp3) is 0.500. The average Bonchev–Trinajstić information content (AvgIpc) is 3.23. The molecule has 2 N–H and O–H groups in total. The monoisotopic (exact) mass is 446 g/mol. The van der Waals surface area contributed by atoms with Gasteiger partial charge in [0.05, 0.1) is 12.3 Å². The number of para-hydroxylation sites is 3. The first-order chi connectivity index (χ1) is 16.3. The van der Waals surface area contributed by atoms with Crippen LogP contribution in [0.2, 0.25) is 0 Å². The third kappa shape index (κ3) is 5.20. The van der Waals surface area contributed by atoms with E-state index in [1.807, 2.05) is 0 Å². The third-order valence-electron chi connectivity index (χ3n) is 7.29. The van der Waals surface area contributed by atoms with Gasteiger partial charge >= 0.3 is 0 Å². The summed E-state index contributed by atoms with van der Waals surface area (Å²) >= 11 is 0. The second-order valence-electron chi connectivity index (χ2n) is 9.52. The van der Waals surface area contributed by atoms with E-state index in [0.717, 1.165) is 70.9 Å². The van der Waals surface area contributed by atoms with Crippen LogP contribution in [0.4, 0.5) is 5.69 Å². The predicted octanol–water partition coefficient (Wildman–Crippen LogP) is 4.62. The second-order valence-corrected chi connectivity index (χ2v) is 9.52. The summed E-state index contributed by atoms with van der Waals surface area (Å²) in [7, 11) is 0. The molecule has 1 aromatic heterocycles. The Bertz CT molecular complexity index is 1040. The number of aromatic amines is 1. The number of nitrogens with one attached hydrogen (secondary N) is 2. The van der Waals surface area contributed by atoms with E-state index in [2.05, 4.69) is 75.6 Å². The Morgan fingerprint density at radius 2 is 1.85 bits per heavy atom. The van der Waals surface area contributed by atoms with E-state index in [0.29, 0.717) is 6.04 Å². The molecule has 0 saturated carbocycles. The Morgan fingerprint density at radius 1 is 1.03 bits per heavy atom. The van der Waals surface area contributed by atoms with Crippen LogP contribution in [0, 0.1) is 0 Å². The van der Waals surface area contributed by atoms with Crippen LogP contribution in [0.5, 0.6) is 5.75 Å². The Labute approximate surface area is 198 Å².